The van der Waals surface area contributed by atoms with Crippen LogP contribution in [-0.4, -0.2) is 16.0 Å². The van der Waals surface area contributed by atoms with E-state index in [-0.39, 0.29) is 11.7 Å². The second-order valence-electron chi connectivity index (χ2n) is 6.33. The van der Waals surface area contributed by atoms with Crippen LogP contribution in [0.5, 0.6) is 0 Å². The number of furan rings is 1. The van der Waals surface area contributed by atoms with Gasteiger partial charge in [-0.3, -0.25) is 14.5 Å². The summed E-state index contributed by atoms with van der Waals surface area (Å²) in [5.41, 5.74) is 2.06. The molecular formula is C22H14BrNO3S2. The summed E-state index contributed by atoms with van der Waals surface area (Å²) in [7, 11) is 0. The van der Waals surface area contributed by atoms with Crippen molar-refractivity contribution in [2.45, 2.75) is 6.92 Å². The third kappa shape index (κ3) is 4.12. The quantitative estimate of drug-likeness (QED) is 0.247. The van der Waals surface area contributed by atoms with Crippen molar-refractivity contribution >= 4 is 67.7 Å². The van der Waals surface area contributed by atoms with Gasteiger partial charge in [-0.2, -0.15) is 0 Å². The zero-order valence-electron chi connectivity index (χ0n) is 15.2. The molecule has 0 bridgehead atoms. The SMILES string of the molecule is CC(=O)c1cccc(N2C(=O)C(=Cc3ccc(-c4ccc(Br)cc4)o3)SC2=S)c1. The van der Waals surface area contributed by atoms with Crippen molar-refractivity contribution < 1.29 is 14.0 Å². The predicted octanol–water partition coefficient (Wildman–Crippen LogP) is 6.32. The highest BCUT2D eigenvalue weighted by Gasteiger charge is 2.33. The molecule has 0 saturated carbocycles. The van der Waals surface area contributed by atoms with Crippen molar-refractivity contribution in [2.75, 3.05) is 4.90 Å². The number of Topliss-reactive ketones (excluding diaryl/α,β-unsaturated/α-hetero) is 1. The molecule has 0 unspecified atom stereocenters. The van der Waals surface area contributed by atoms with Crippen LogP contribution in [0.2, 0.25) is 0 Å². The molecule has 1 aliphatic heterocycles. The van der Waals surface area contributed by atoms with Gasteiger partial charge in [-0.25, -0.2) is 0 Å². The molecule has 2 heterocycles. The Morgan fingerprint density at radius 3 is 2.62 bits per heavy atom. The molecule has 0 atom stereocenters. The molecular weight excluding hydrogens is 470 g/mol. The number of carbonyl (C=O) groups is 2. The van der Waals surface area contributed by atoms with Crippen molar-refractivity contribution in [3.8, 4) is 11.3 Å². The molecule has 0 aliphatic carbocycles. The number of amides is 1. The summed E-state index contributed by atoms with van der Waals surface area (Å²) in [5, 5.41) is 0. The zero-order valence-corrected chi connectivity index (χ0v) is 18.4. The summed E-state index contributed by atoms with van der Waals surface area (Å²) < 4.78 is 7.29. The second-order valence-corrected chi connectivity index (χ2v) is 8.92. The molecule has 7 heteroatoms. The number of hydrogen-bond acceptors (Lipinski definition) is 5. The maximum atomic E-state index is 12.9. The number of thiocarbonyl (C=S) groups is 1. The summed E-state index contributed by atoms with van der Waals surface area (Å²) in [4.78, 5) is 26.5. The van der Waals surface area contributed by atoms with Gasteiger partial charge in [0.25, 0.3) is 5.91 Å². The summed E-state index contributed by atoms with van der Waals surface area (Å²) in [6, 6.07) is 18.4. The van der Waals surface area contributed by atoms with Crippen LogP contribution in [0.1, 0.15) is 23.0 Å². The van der Waals surface area contributed by atoms with Gasteiger partial charge < -0.3 is 4.42 Å². The Hall–Kier alpha value is -2.48. The Kier molecular flexibility index (Phi) is 5.54. The molecule has 2 aromatic carbocycles. The van der Waals surface area contributed by atoms with Crippen LogP contribution >= 0.6 is 39.9 Å². The van der Waals surface area contributed by atoms with E-state index in [1.807, 2.05) is 36.4 Å². The van der Waals surface area contributed by atoms with Crippen LogP contribution in [-0.2, 0) is 4.79 Å². The fraction of sp³-hybridized carbons (Fsp3) is 0.0455. The van der Waals surface area contributed by atoms with Crippen molar-refractivity contribution in [3.63, 3.8) is 0 Å². The Balaban J connectivity index is 1.60. The maximum absolute atomic E-state index is 12.9. The lowest BCUT2D eigenvalue weighted by Crippen LogP contribution is -2.27. The predicted molar refractivity (Wildman–Crippen MR) is 124 cm³/mol. The van der Waals surface area contributed by atoms with Gasteiger partial charge in [0, 0.05) is 21.7 Å². The van der Waals surface area contributed by atoms with E-state index in [0.29, 0.717) is 32.0 Å². The molecule has 1 saturated heterocycles. The average Bonchev–Trinajstić information content (AvgIpc) is 3.27. The highest BCUT2D eigenvalue weighted by molar-refractivity contribution is 9.10. The number of nitrogens with zero attached hydrogens (tertiary/aromatic N) is 1. The van der Waals surface area contributed by atoms with E-state index in [0.717, 1.165) is 10.0 Å². The van der Waals surface area contributed by atoms with Crippen molar-refractivity contribution in [1.82, 2.24) is 0 Å². The first-order valence-corrected chi connectivity index (χ1v) is 10.7. The van der Waals surface area contributed by atoms with Gasteiger partial charge in [-0.05, 0) is 43.3 Å². The summed E-state index contributed by atoms with van der Waals surface area (Å²) in [5.74, 6) is 0.987. The number of halogens is 1. The number of carbonyl (C=O) groups excluding carboxylic acids is 2. The highest BCUT2D eigenvalue weighted by atomic mass is 79.9. The van der Waals surface area contributed by atoms with Gasteiger partial charge in [-0.15, -0.1) is 0 Å². The minimum absolute atomic E-state index is 0.0658. The Labute approximate surface area is 185 Å². The third-order valence-electron chi connectivity index (χ3n) is 4.33. The Bertz CT molecular complexity index is 1160. The molecule has 29 heavy (non-hydrogen) atoms. The molecule has 0 spiro atoms. The van der Waals surface area contributed by atoms with Crippen LogP contribution in [0.3, 0.4) is 0 Å². The third-order valence-corrected chi connectivity index (χ3v) is 6.16. The lowest BCUT2D eigenvalue weighted by Gasteiger charge is -2.15. The minimum atomic E-state index is -0.234. The van der Waals surface area contributed by atoms with E-state index in [4.69, 9.17) is 16.6 Å². The molecule has 1 fully saturated rings. The van der Waals surface area contributed by atoms with Crippen LogP contribution in [0.25, 0.3) is 17.4 Å². The Morgan fingerprint density at radius 2 is 1.90 bits per heavy atom. The van der Waals surface area contributed by atoms with E-state index in [1.165, 1.54) is 23.6 Å². The first-order valence-electron chi connectivity index (χ1n) is 8.67. The molecule has 1 amide bonds. The minimum Gasteiger partial charge on any atom is -0.457 e. The fourth-order valence-corrected chi connectivity index (χ4v) is 4.43. The van der Waals surface area contributed by atoms with E-state index >= 15 is 0 Å². The Morgan fingerprint density at radius 1 is 1.14 bits per heavy atom. The first-order chi connectivity index (χ1) is 13.9. The number of rotatable bonds is 4. The largest absolute Gasteiger partial charge is 0.457 e. The van der Waals surface area contributed by atoms with Gasteiger partial charge in [0.15, 0.2) is 10.1 Å². The smallest absolute Gasteiger partial charge is 0.270 e. The molecule has 3 aromatic rings. The van der Waals surface area contributed by atoms with Crippen molar-refractivity contribution in [1.29, 1.82) is 0 Å². The number of ketones is 1. The fourth-order valence-electron chi connectivity index (χ4n) is 2.88. The van der Waals surface area contributed by atoms with Gasteiger partial charge in [0.05, 0.1) is 10.6 Å². The van der Waals surface area contributed by atoms with E-state index < -0.39 is 0 Å². The summed E-state index contributed by atoms with van der Waals surface area (Å²) in [6.45, 7) is 1.49. The van der Waals surface area contributed by atoms with Gasteiger partial charge in [-0.1, -0.05) is 64.2 Å². The topological polar surface area (TPSA) is 50.5 Å². The van der Waals surface area contributed by atoms with Gasteiger partial charge >= 0.3 is 0 Å². The van der Waals surface area contributed by atoms with Crippen LogP contribution in [0, 0.1) is 0 Å². The van der Waals surface area contributed by atoms with E-state index in [2.05, 4.69) is 15.9 Å². The summed E-state index contributed by atoms with van der Waals surface area (Å²) >= 11 is 10.0. The standard InChI is InChI=1S/C22H14BrNO3S2/c1-13(25)15-3-2-4-17(11-15)24-21(26)20(29-22(24)28)12-18-9-10-19(27-18)14-5-7-16(23)8-6-14/h2-12H,1H3. The number of anilines is 1. The van der Waals surface area contributed by atoms with Crippen molar-refractivity contribution in [3.05, 3.63) is 81.4 Å². The van der Waals surface area contributed by atoms with Crippen molar-refractivity contribution in [2.24, 2.45) is 0 Å². The highest BCUT2D eigenvalue weighted by Crippen LogP contribution is 2.37. The normalized spacial score (nSPS) is 15.4. The van der Waals surface area contributed by atoms with Crippen LogP contribution in [0.4, 0.5) is 5.69 Å². The first kappa shape index (κ1) is 19.8. The summed E-state index contributed by atoms with van der Waals surface area (Å²) in [6.07, 6.45) is 1.69. The van der Waals surface area contributed by atoms with Crippen LogP contribution < -0.4 is 4.90 Å². The molecule has 144 valence electrons. The molecule has 1 aromatic heterocycles. The average molecular weight is 484 g/mol. The number of thioether (sulfide) groups is 1. The maximum Gasteiger partial charge on any atom is 0.270 e. The molecule has 4 nitrogen and oxygen atoms in total. The number of hydrogen-bond donors (Lipinski definition) is 0. The molecule has 4 rings (SSSR count). The monoisotopic (exact) mass is 483 g/mol. The molecule has 0 radical (unpaired) electrons. The molecule has 1 aliphatic rings. The zero-order chi connectivity index (χ0) is 20.5. The van der Waals surface area contributed by atoms with E-state index in [1.54, 1.807) is 30.3 Å². The van der Waals surface area contributed by atoms with E-state index in [9.17, 15) is 9.59 Å². The van der Waals surface area contributed by atoms with Gasteiger partial charge in [0.2, 0.25) is 0 Å². The molecule has 0 N–H and O–H groups in total. The lowest BCUT2D eigenvalue weighted by atomic mass is 10.1. The second kappa shape index (κ2) is 8.10. The van der Waals surface area contributed by atoms with Gasteiger partial charge in [0.1, 0.15) is 11.5 Å². The number of benzene rings is 2. The van der Waals surface area contributed by atoms with Crippen LogP contribution in [0.15, 0.2) is 74.5 Å². The lowest BCUT2D eigenvalue weighted by molar-refractivity contribution is -0.113.